The van der Waals surface area contributed by atoms with Crippen LogP contribution in [0, 0.1) is 0 Å². The zero-order chi connectivity index (χ0) is 13.7. The highest BCUT2D eigenvalue weighted by molar-refractivity contribution is 5.78. The molecule has 0 saturated heterocycles. The minimum absolute atomic E-state index is 0.0963. The molecule has 0 heterocycles. The van der Waals surface area contributed by atoms with Gasteiger partial charge < -0.3 is 15.7 Å². The summed E-state index contributed by atoms with van der Waals surface area (Å²) in [7, 11) is 0. The molecule has 1 amide bonds. The predicted octanol–water partition coefficient (Wildman–Crippen LogP) is 1.58. The van der Waals surface area contributed by atoms with E-state index in [-0.39, 0.29) is 5.91 Å². The fourth-order valence-electron chi connectivity index (χ4n) is 1.92. The summed E-state index contributed by atoms with van der Waals surface area (Å²) in [5.41, 5.74) is 1.20. The summed E-state index contributed by atoms with van der Waals surface area (Å²) in [6.07, 6.45) is 4.17. The lowest BCUT2D eigenvalue weighted by molar-refractivity contribution is -0.120. The largest absolute Gasteiger partial charge is 0.508 e. The minimum atomic E-state index is 0.0963. The number of hydrogen-bond acceptors (Lipinski definition) is 3. The van der Waals surface area contributed by atoms with Crippen LogP contribution in [0.3, 0.4) is 0 Å². The predicted molar refractivity (Wildman–Crippen MR) is 75.1 cm³/mol. The third kappa shape index (κ3) is 5.30. The monoisotopic (exact) mass is 262 g/mol. The van der Waals surface area contributed by atoms with Gasteiger partial charge in [-0.15, -0.1) is 0 Å². The van der Waals surface area contributed by atoms with Crippen LogP contribution in [0.25, 0.3) is 0 Å². The Morgan fingerprint density at radius 3 is 2.68 bits per heavy atom. The van der Waals surface area contributed by atoms with Gasteiger partial charge in [-0.2, -0.15) is 0 Å². The summed E-state index contributed by atoms with van der Waals surface area (Å²) in [5, 5.41) is 15.4. The van der Waals surface area contributed by atoms with Crippen molar-refractivity contribution in [3.8, 4) is 5.75 Å². The molecule has 0 aliphatic heterocycles. The Kier molecular flexibility index (Phi) is 4.80. The van der Waals surface area contributed by atoms with E-state index in [1.165, 1.54) is 5.56 Å². The van der Waals surface area contributed by atoms with Gasteiger partial charge in [0.1, 0.15) is 5.75 Å². The van der Waals surface area contributed by atoms with Crippen molar-refractivity contribution in [3.63, 3.8) is 0 Å². The van der Waals surface area contributed by atoms with E-state index < -0.39 is 0 Å². The molecule has 1 aromatic carbocycles. The molecular formula is C15H22N2O2. The number of nitrogens with one attached hydrogen (secondary N) is 2. The maximum absolute atomic E-state index is 11.5. The normalized spacial score (nSPS) is 16.1. The summed E-state index contributed by atoms with van der Waals surface area (Å²) >= 11 is 0. The van der Waals surface area contributed by atoms with Crippen molar-refractivity contribution in [2.24, 2.45) is 0 Å². The van der Waals surface area contributed by atoms with Crippen LogP contribution < -0.4 is 10.6 Å². The van der Waals surface area contributed by atoms with E-state index in [4.69, 9.17) is 0 Å². The van der Waals surface area contributed by atoms with Gasteiger partial charge in [0.15, 0.2) is 0 Å². The molecule has 1 aliphatic carbocycles. The van der Waals surface area contributed by atoms with Gasteiger partial charge in [0, 0.05) is 12.1 Å². The molecule has 0 spiro atoms. The summed E-state index contributed by atoms with van der Waals surface area (Å²) in [6, 6.07) is 8.01. The molecule has 4 heteroatoms. The second kappa shape index (κ2) is 6.57. The van der Waals surface area contributed by atoms with Crippen LogP contribution in [-0.4, -0.2) is 29.6 Å². The van der Waals surface area contributed by atoms with Crippen molar-refractivity contribution in [3.05, 3.63) is 29.8 Å². The van der Waals surface area contributed by atoms with E-state index in [0.717, 1.165) is 25.7 Å². The first-order valence-corrected chi connectivity index (χ1v) is 6.94. The summed E-state index contributed by atoms with van der Waals surface area (Å²) in [5.74, 6) is 0.394. The van der Waals surface area contributed by atoms with Crippen LogP contribution in [0.1, 0.15) is 31.7 Å². The molecular weight excluding hydrogens is 240 g/mol. The summed E-state index contributed by atoms with van der Waals surface area (Å²) in [6.45, 7) is 2.48. The number of benzene rings is 1. The van der Waals surface area contributed by atoms with Gasteiger partial charge >= 0.3 is 0 Å². The SMILES string of the molecule is CC(CCc1ccc(O)cc1)NCC(=O)NC1CC1. The molecule has 1 aliphatic rings. The van der Waals surface area contributed by atoms with Gasteiger partial charge in [-0.3, -0.25) is 4.79 Å². The number of carbonyl (C=O) groups is 1. The van der Waals surface area contributed by atoms with E-state index in [2.05, 4.69) is 17.6 Å². The van der Waals surface area contributed by atoms with Crippen molar-refractivity contribution >= 4 is 5.91 Å². The number of amides is 1. The lowest BCUT2D eigenvalue weighted by Crippen LogP contribution is -2.39. The first-order chi connectivity index (χ1) is 9.13. The lowest BCUT2D eigenvalue weighted by Gasteiger charge is -2.13. The Bertz CT molecular complexity index is 413. The molecule has 104 valence electrons. The van der Waals surface area contributed by atoms with Crippen LogP contribution in [0.4, 0.5) is 0 Å². The van der Waals surface area contributed by atoms with Crippen molar-refractivity contribution in [1.82, 2.24) is 10.6 Å². The fourth-order valence-corrected chi connectivity index (χ4v) is 1.92. The van der Waals surface area contributed by atoms with Crippen LogP contribution in [0.5, 0.6) is 5.75 Å². The Labute approximate surface area is 114 Å². The number of aromatic hydroxyl groups is 1. The third-order valence-corrected chi connectivity index (χ3v) is 3.36. The van der Waals surface area contributed by atoms with Gasteiger partial charge in [-0.25, -0.2) is 0 Å². The highest BCUT2D eigenvalue weighted by Gasteiger charge is 2.22. The van der Waals surface area contributed by atoms with E-state index in [1.54, 1.807) is 12.1 Å². The molecule has 1 saturated carbocycles. The second-order valence-corrected chi connectivity index (χ2v) is 5.33. The third-order valence-electron chi connectivity index (χ3n) is 3.36. The van der Waals surface area contributed by atoms with Crippen molar-refractivity contribution in [2.45, 2.75) is 44.7 Å². The summed E-state index contributed by atoms with van der Waals surface area (Å²) < 4.78 is 0. The van der Waals surface area contributed by atoms with Gasteiger partial charge in [0.25, 0.3) is 0 Å². The van der Waals surface area contributed by atoms with E-state index in [1.807, 2.05) is 12.1 Å². The number of hydrogen-bond donors (Lipinski definition) is 3. The highest BCUT2D eigenvalue weighted by Crippen LogP contribution is 2.18. The Morgan fingerprint density at radius 1 is 1.37 bits per heavy atom. The number of phenolic OH excluding ortho intramolecular Hbond substituents is 1. The quantitative estimate of drug-likeness (QED) is 0.699. The van der Waals surface area contributed by atoms with Gasteiger partial charge in [0.2, 0.25) is 5.91 Å². The maximum Gasteiger partial charge on any atom is 0.234 e. The molecule has 1 aromatic rings. The second-order valence-electron chi connectivity index (χ2n) is 5.33. The molecule has 4 nitrogen and oxygen atoms in total. The zero-order valence-electron chi connectivity index (χ0n) is 11.4. The molecule has 0 bridgehead atoms. The van der Waals surface area contributed by atoms with E-state index >= 15 is 0 Å². The Morgan fingerprint density at radius 2 is 2.05 bits per heavy atom. The molecule has 1 atom stereocenters. The first-order valence-electron chi connectivity index (χ1n) is 6.94. The standard InChI is InChI=1S/C15H22N2O2/c1-11(16-10-15(19)17-13-6-7-13)2-3-12-4-8-14(18)9-5-12/h4-5,8-9,11,13,16,18H,2-3,6-7,10H2,1H3,(H,17,19). The molecule has 1 unspecified atom stereocenters. The van der Waals surface area contributed by atoms with E-state index in [9.17, 15) is 9.90 Å². The molecule has 2 rings (SSSR count). The first kappa shape index (κ1) is 13.9. The van der Waals surface area contributed by atoms with Crippen molar-refractivity contribution < 1.29 is 9.90 Å². The number of rotatable bonds is 7. The maximum atomic E-state index is 11.5. The van der Waals surface area contributed by atoms with E-state index in [0.29, 0.717) is 24.4 Å². The average Bonchev–Trinajstić information content (AvgIpc) is 3.19. The highest BCUT2D eigenvalue weighted by atomic mass is 16.3. The molecule has 3 N–H and O–H groups in total. The molecule has 0 radical (unpaired) electrons. The number of carbonyl (C=O) groups excluding carboxylic acids is 1. The Balaban J connectivity index is 1.62. The number of phenols is 1. The average molecular weight is 262 g/mol. The van der Waals surface area contributed by atoms with Crippen molar-refractivity contribution in [2.75, 3.05) is 6.54 Å². The van der Waals surface area contributed by atoms with Gasteiger partial charge in [-0.1, -0.05) is 12.1 Å². The van der Waals surface area contributed by atoms with Crippen LogP contribution in [-0.2, 0) is 11.2 Å². The van der Waals surface area contributed by atoms with Gasteiger partial charge in [-0.05, 0) is 50.3 Å². The molecule has 19 heavy (non-hydrogen) atoms. The van der Waals surface area contributed by atoms with Crippen molar-refractivity contribution in [1.29, 1.82) is 0 Å². The fraction of sp³-hybridized carbons (Fsp3) is 0.533. The number of aryl methyl sites for hydroxylation is 1. The summed E-state index contributed by atoms with van der Waals surface area (Å²) in [4.78, 5) is 11.5. The van der Waals surface area contributed by atoms with Crippen LogP contribution >= 0.6 is 0 Å². The smallest absolute Gasteiger partial charge is 0.234 e. The minimum Gasteiger partial charge on any atom is -0.508 e. The topological polar surface area (TPSA) is 61.4 Å². The van der Waals surface area contributed by atoms with Crippen LogP contribution in [0.2, 0.25) is 0 Å². The Hall–Kier alpha value is -1.55. The zero-order valence-corrected chi connectivity index (χ0v) is 11.4. The molecule has 0 aromatic heterocycles. The van der Waals surface area contributed by atoms with Gasteiger partial charge in [0.05, 0.1) is 6.54 Å². The molecule has 1 fully saturated rings. The lowest BCUT2D eigenvalue weighted by atomic mass is 10.1. The van der Waals surface area contributed by atoms with Crippen LogP contribution in [0.15, 0.2) is 24.3 Å².